The molecule has 0 aliphatic carbocycles. The first-order valence-electron chi connectivity index (χ1n) is 7.17. The predicted molar refractivity (Wildman–Crippen MR) is 89.8 cm³/mol. The zero-order valence-corrected chi connectivity index (χ0v) is 12.6. The van der Waals surface area contributed by atoms with Crippen LogP contribution in [0.15, 0.2) is 52.6 Å². The van der Waals surface area contributed by atoms with Crippen LogP contribution in [0, 0.1) is 0 Å². The van der Waals surface area contributed by atoms with Crippen LogP contribution in [-0.2, 0) is 6.54 Å². The maximum atomic E-state index is 12.0. The molecule has 3 nitrogen and oxygen atoms in total. The van der Waals surface area contributed by atoms with Crippen molar-refractivity contribution in [2.45, 2.75) is 19.4 Å². The van der Waals surface area contributed by atoms with Crippen LogP contribution in [0.25, 0.3) is 22.0 Å². The molecule has 0 radical (unpaired) electrons. The van der Waals surface area contributed by atoms with Crippen LogP contribution in [0.2, 0.25) is 0 Å². The first-order valence-corrected chi connectivity index (χ1v) is 8.05. The van der Waals surface area contributed by atoms with Gasteiger partial charge in [-0.15, -0.1) is 0 Å². The Balaban J connectivity index is 2.00. The fourth-order valence-corrected chi connectivity index (χ4v) is 3.32. The maximum Gasteiger partial charge on any atom is 0.307 e. The molecule has 1 aromatic heterocycles. The summed E-state index contributed by atoms with van der Waals surface area (Å²) in [5.74, 6) is 0. The summed E-state index contributed by atoms with van der Waals surface area (Å²) in [6.07, 6.45) is 1.88. The Morgan fingerprint density at radius 2 is 1.86 bits per heavy atom. The van der Waals surface area contributed by atoms with E-state index in [4.69, 9.17) is 5.73 Å². The lowest BCUT2D eigenvalue weighted by Crippen LogP contribution is -2.15. The molecule has 2 N–H and O–H groups in total. The van der Waals surface area contributed by atoms with Crippen molar-refractivity contribution >= 4 is 22.1 Å². The average molecular weight is 298 g/mol. The van der Waals surface area contributed by atoms with Gasteiger partial charge in [-0.3, -0.25) is 9.36 Å². The fraction of sp³-hybridized carbons (Fsp3) is 0.235. The molecule has 0 aliphatic heterocycles. The van der Waals surface area contributed by atoms with Crippen molar-refractivity contribution in [1.29, 1.82) is 0 Å². The Labute approximate surface area is 127 Å². The van der Waals surface area contributed by atoms with Crippen molar-refractivity contribution in [3.05, 3.63) is 57.5 Å². The highest BCUT2D eigenvalue weighted by atomic mass is 32.1. The van der Waals surface area contributed by atoms with Crippen molar-refractivity contribution in [2.24, 2.45) is 5.73 Å². The van der Waals surface area contributed by atoms with Crippen molar-refractivity contribution in [3.8, 4) is 11.3 Å². The molecule has 2 aromatic carbocycles. The number of aromatic nitrogens is 1. The molecule has 0 amide bonds. The van der Waals surface area contributed by atoms with Gasteiger partial charge in [0.15, 0.2) is 0 Å². The maximum absolute atomic E-state index is 12.0. The molecule has 0 aliphatic rings. The number of hydrogen-bond donors (Lipinski definition) is 1. The van der Waals surface area contributed by atoms with E-state index in [-0.39, 0.29) is 4.87 Å². The standard InChI is InChI=1S/C17H18N2OS/c18-9-3-4-10-19-16(12-21-17(19)20)15-8-7-13-5-1-2-6-14(13)11-15/h1-2,5-8,11-12H,3-4,9-10,18H2. The molecule has 3 rings (SSSR count). The molecule has 4 heteroatoms. The summed E-state index contributed by atoms with van der Waals surface area (Å²) in [4.78, 5) is 12.1. The highest BCUT2D eigenvalue weighted by Crippen LogP contribution is 2.25. The van der Waals surface area contributed by atoms with Gasteiger partial charge in [0.2, 0.25) is 0 Å². The smallest absolute Gasteiger partial charge is 0.307 e. The lowest BCUT2D eigenvalue weighted by molar-refractivity contribution is 0.613. The Morgan fingerprint density at radius 1 is 1.05 bits per heavy atom. The minimum absolute atomic E-state index is 0.107. The van der Waals surface area contributed by atoms with Gasteiger partial charge in [-0.05, 0) is 41.8 Å². The SMILES string of the molecule is NCCCCn1c(-c2ccc3ccccc3c2)csc1=O. The largest absolute Gasteiger partial charge is 0.330 e. The average Bonchev–Trinajstić information content (AvgIpc) is 2.88. The van der Waals surface area contributed by atoms with Gasteiger partial charge in [-0.2, -0.15) is 0 Å². The van der Waals surface area contributed by atoms with Crippen LogP contribution in [-0.4, -0.2) is 11.1 Å². The van der Waals surface area contributed by atoms with Crippen LogP contribution in [0.5, 0.6) is 0 Å². The van der Waals surface area contributed by atoms with Crippen LogP contribution in [0.1, 0.15) is 12.8 Å². The number of hydrogen-bond acceptors (Lipinski definition) is 3. The monoisotopic (exact) mass is 298 g/mol. The molecule has 0 atom stereocenters. The molecule has 0 unspecified atom stereocenters. The van der Waals surface area contributed by atoms with Crippen LogP contribution >= 0.6 is 11.3 Å². The Hall–Kier alpha value is -1.91. The third-order valence-electron chi connectivity index (χ3n) is 3.66. The minimum Gasteiger partial charge on any atom is -0.330 e. The van der Waals surface area contributed by atoms with Crippen LogP contribution < -0.4 is 10.6 Å². The molecule has 0 spiro atoms. The molecule has 0 saturated carbocycles. The molecule has 0 bridgehead atoms. The molecule has 1 heterocycles. The quantitative estimate of drug-likeness (QED) is 0.733. The molecular weight excluding hydrogens is 280 g/mol. The second kappa shape index (κ2) is 6.24. The predicted octanol–water partition coefficient (Wildman–Crippen LogP) is 3.47. The normalized spacial score (nSPS) is 11.1. The van der Waals surface area contributed by atoms with Crippen LogP contribution in [0.3, 0.4) is 0 Å². The van der Waals surface area contributed by atoms with Crippen LogP contribution in [0.4, 0.5) is 0 Å². The summed E-state index contributed by atoms with van der Waals surface area (Å²) in [5, 5.41) is 4.37. The zero-order chi connectivity index (χ0) is 14.7. The Morgan fingerprint density at radius 3 is 2.67 bits per heavy atom. The summed E-state index contributed by atoms with van der Waals surface area (Å²) in [7, 11) is 0. The molecule has 108 valence electrons. The van der Waals surface area contributed by atoms with E-state index in [1.807, 2.05) is 22.1 Å². The third-order valence-corrected chi connectivity index (χ3v) is 4.43. The molecule has 0 saturated heterocycles. The summed E-state index contributed by atoms with van der Waals surface area (Å²) in [6, 6.07) is 14.6. The second-order valence-electron chi connectivity index (χ2n) is 5.10. The number of rotatable bonds is 5. The molecule has 3 aromatic rings. The first-order chi connectivity index (χ1) is 10.3. The highest BCUT2D eigenvalue weighted by Gasteiger charge is 2.09. The van der Waals surface area contributed by atoms with Gasteiger partial charge < -0.3 is 5.73 Å². The second-order valence-corrected chi connectivity index (χ2v) is 5.92. The molecular formula is C17H18N2OS. The number of fused-ring (bicyclic) bond motifs is 1. The van der Waals surface area contributed by atoms with Crippen molar-refractivity contribution in [2.75, 3.05) is 6.54 Å². The molecule has 21 heavy (non-hydrogen) atoms. The van der Waals surface area contributed by atoms with Crippen molar-refractivity contribution < 1.29 is 0 Å². The summed E-state index contributed by atoms with van der Waals surface area (Å²) in [5.41, 5.74) is 7.64. The van der Waals surface area contributed by atoms with Gasteiger partial charge in [0.25, 0.3) is 0 Å². The summed E-state index contributed by atoms with van der Waals surface area (Å²) >= 11 is 1.27. The number of thiazole rings is 1. The first kappa shape index (κ1) is 14.0. The lowest BCUT2D eigenvalue weighted by atomic mass is 10.1. The van der Waals surface area contributed by atoms with E-state index in [0.29, 0.717) is 6.54 Å². The van der Waals surface area contributed by atoms with E-state index in [0.717, 1.165) is 30.6 Å². The highest BCUT2D eigenvalue weighted by molar-refractivity contribution is 7.07. The number of nitrogens with two attached hydrogens (primary N) is 1. The summed E-state index contributed by atoms with van der Waals surface area (Å²) in [6.45, 7) is 1.41. The topological polar surface area (TPSA) is 48.0 Å². The van der Waals surface area contributed by atoms with E-state index < -0.39 is 0 Å². The van der Waals surface area contributed by atoms with E-state index in [1.165, 1.54) is 22.1 Å². The van der Waals surface area contributed by atoms with E-state index in [1.54, 1.807) is 0 Å². The van der Waals surface area contributed by atoms with E-state index in [2.05, 4.69) is 30.3 Å². The van der Waals surface area contributed by atoms with Gasteiger partial charge in [0.1, 0.15) is 0 Å². The van der Waals surface area contributed by atoms with Gasteiger partial charge in [0.05, 0.1) is 5.69 Å². The van der Waals surface area contributed by atoms with Crippen molar-refractivity contribution in [3.63, 3.8) is 0 Å². The summed E-state index contributed by atoms with van der Waals surface area (Å²) < 4.78 is 1.87. The van der Waals surface area contributed by atoms with Gasteiger partial charge in [0, 0.05) is 11.9 Å². The van der Waals surface area contributed by atoms with E-state index in [9.17, 15) is 4.79 Å². The number of benzene rings is 2. The Bertz CT molecular complexity index is 804. The number of nitrogens with zero attached hydrogens (tertiary/aromatic N) is 1. The fourth-order valence-electron chi connectivity index (χ4n) is 2.53. The minimum atomic E-state index is 0.107. The number of unbranched alkanes of at least 4 members (excludes halogenated alkanes) is 1. The van der Waals surface area contributed by atoms with Gasteiger partial charge in [-0.25, -0.2) is 0 Å². The molecule has 0 fully saturated rings. The Kier molecular flexibility index (Phi) is 4.18. The zero-order valence-electron chi connectivity index (χ0n) is 11.8. The van der Waals surface area contributed by atoms with Gasteiger partial charge in [-0.1, -0.05) is 47.7 Å². The third kappa shape index (κ3) is 2.91. The van der Waals surface area contributed by atoms with Gasteiger partial charge >= 0.3 is 4.87 Å². The lowest BCUT2D eigenvalue weighted by Gasteiger charge is -2.08. The van der Waals surface area contributed by atoms with Crippen molar-refractivity contribution in [1.82, 2.24) is 4.57 Å². The van der Waals surface area contributed by atoms with E-state index >= 15 is 0 Å².